The molecule has 0 unspecified atom stereocenters. The first-order valence-corrected chi connectivity index (χ1v) is 11.3. The summed E-state index contributed by atoms with van der Waals surface area (Å²) in [5.41, 5.74) is 1.47. The van der Waals surface area contributed by atoms with Gasteiger partial charge < -0.3 is 15.0 Å². The Kier molecular flexibility index (Phi) is 5.58. The molecule has 1 aliphatic rings. The third-order valence-corrected chi connectivity index (χ3v) is 6.52. The fourth-order valence-corrected chi connectivity index (χ4v) is 4.83. The smallest absolute Gasteiger partial charge is 0.263 e. The van der Waals surface area contributed by atoms with Gasteiger partial charge in [-0.2, -0.15) is 0 Å². The number of benzene rings is 2. The SMILES string of the molecule is CNC(=O)[C@H]1CN(C(=O)Cn2cnc3scc(-c4ccc(F)cc4)c3c2=O)c2ccccc2O1. The number of rotatable bonds is 4. The second-order valence-corrected chi connectivity index (χ2v) is 8.56. The summed E-state index contributed by atoms with van der Waals surface area (Å²) in [4.78, 5) is 45.2. The van der Waals surface area contributed by atoms with Gasteiger partial charge in [0.1, 0.15) is 22.9 Å². The lowest BCUT2D eigenvalue weighted by Gasteiger charge is -2.34. The molecule has 0 radical (unpaired) electrons. The normalized spacial score (nSPS) is 15.0. The summed E-state index contributed by atoms with van der Waals surface area (Å²) in [7, 11) is 1.50. The number of thiophene rings is 1. The maximum Gasteiger partial charge on any atom is 0.263 e. The van der Waals surface area contributed by atoms with Crippen LogP contribution >= 0.6 is 11.3 Å². The van der Waals surface area contributed by atoms with Crippen LogP contribution in [0.15, 0.2) is 65.0 Å². The van der Waals surface area contributed by atoms with E-state index in [1.165, 1.54) is 46.3 Å². The monoisotopic (exact) mass is 478 g/mol. The fourth-order valence-electron chi connectivity index (χ4n) is 3.92. The van der Waals surface area contributed by atoms with Crippen molar-refractivity contribution in [2.45, 2.75) is 12.6 Å². The topological polar surface area (TPSA) is 93.5 Å². The zero-order chi connectivity index (χ0) is 23.8. The Bertz CT molecular complexity index is 1460. The van der Waals surface area contributed by atoms with Crippen LogP contribution < -0.4 is 20.5 Å². The van der Waals surface area contributed by atoms with Crippen molar-refractivity contribution in [3.8, 4) is 16.9 Å². The second-order valence-electron chi connectivity index (χ2n) is 7.71. The Morgan fingerprint density at radius 1 is 1.21 bits per heavy atom. The number of hydrogen-bond donors (Lipinski definition) is 1. The van der Waals surface area contributed by atoms with Crippen molar-refractivity contribution in [2.75, 3.05) is 18.5 Å². The van der Waals surface area contributed by atoms with Gasteiger partial charge in [0.05, 0.1) is 23.9 Å². The molecule has 0 saturated carbocycles. The van der Waals surface area contributed by atoms with Crippen LogP contribution in [-0.2, 0) is 16.1 Å². The van der Waals surface area contributed by atoms with Crippen LogP contribution in [0.25, 0.3) is 21.3 Å². The van der Waals surface area contributed by atoms with E-state index in [4.69, 9.17) is 4.74 Å². The van der Waals surface area contributed by atoms with Crippen LogP contribution in [0.4, 0.5) is 10.1 Å². The predicted octanol–water partition coefficient (Wildman–Crippen LogP) is 2.80. The quantitative estimate of drug-likeness (QED) is 0.487. The van der Waals surface area contributed by atoms with Gasteiger partial charge in [0.25, 0.3) is 11.5 Å². The molecule has 3 heterocycles. The lowest BCUT2D eigenvalue weighted by molar-refractivity contribution is -0.128. The van der Waals surface area contributed by atoms with Gasteiger partial charge >= 0.3 is 0 Å². The zero-order valence-corrected chi connectivity index (χ0v) is 18.8. The van der Waals surface area contributed by atoms with Crippen molar-refractivity contribution in [3.63, 3.8) is 0 Å². The van der Waals surface area contributed by atoms with Gasteiger partial charge in [-0.1, -0.05) is 24.3 Å². The van der Waals surface area contributed by atoms with E-state index in [2.05, 4.69) is 10.3 Å². The number of anilines is 1. The van der Waals surface area contributed by atoms with Crippen molar-refractivity contribution >= 4 is 39.1 Å². The molecular formula is C24H19FN4O4S. The molecular weight excluding hydrogens is 459 g/mol. The molecule has 2 amide bonds. The maximum atomic E-state index is 13.4. The molecule has 0 fully saturated rings. The number of likely N-dealkylation sites (N-methyl/N-ethyl adjacent to an activating group) is 1. The molecule has 0 bridgehead atoms. The summed E-state index contributed by atoms with van der Waals surface area (Å²) in [5.74, 6) is -0.695. The number of ether oxygens (including phenoxy) is 1. The van der Waals surface area contributed by atoms with Gasteiger partial charge in [-0.25, -0.2) is 9.37 Å². The number of para-hydroxylation sites is 2. The molecule has 5 rings (SSSR count). The number of amides is 2. The Morgan fingerprint density at radius 2 is 1.97 bits per heavy atom. The highest BCUT2D eigenvalue weighted by Crippen LogP contribution is 2.34. The molecule has 8 nitrogen and oxygen atoms in total. The molecule has 0 aliphatic carbocycles. The van der Waals surface area contributed by atoms with E-state index in [1.807, 2.05) is 0 Å². The first-order valence-electron chi connectivity index (χ1n) is 10.5. The highest BCUT2D eigenvalue weighted by molar-refractivity contribution is 7.17. The van der Waals surface area contributed by atoms with Gasteiger partial charge in [-0.3, -0.25) is 19.0 Å². The Hall–Kier alpha value is -4.05. The van der Waals surface area contributed by atoms with Crippen molar-refractivity contribution in [3.05, 3.63) is 76.4 Å². The van der Waals surface area contributed by atoms with Gasteiger partial charge in [-0.15, -0.1) is 11.3 Å². The molecule has 172 valence electrons. The number of carbonyl (C=O) groups excluding carboxylic acids is 2. The molecule has 10 heteroatoms. The lowest BCUT2D eigenvalue weighted by atomic mass is 10.1. The summed E-state index contributed by atoms with van der Waals surface area (Å²) in [5, 5.41) is 4.71. The minimum Gasteiger partial charge on any atom is -0.477 e. The highest BCUT2D eigenvalue weighted by Gasteiger charge is 2.33. The first kappa shape index (κ1) is 21.8. The van der Waals surface area contributed by atoms with Crippen LogP contribution in [0.1, 0.15) is 0 Å². The van der Waals surface area contributed by atoms with E-state index >= 15 is 0 Å². The average molecular weight is 479 g/mol. The third kappa shape index (κ3) is 3.81. The standard InChI is InChI=1S/C24H19FN4O4S/c1-26-22(31)19-10-29(17-4-2-3-5-18(17)33-19)20(30)11-28-13-27-23-21(24(28)32)16(12-34-23)14-6-8-15(25)9-7-14/h2-9,12-13,19H,10-11H2,1H3,(H,26,31)/t19-/m1/s1. The molecule has 0 spiro atoms. The zero-order valence-electron chi connectivity index (χ0n) is 18.0. The minimum absolute atomic E-state index is 0.0131. The summed E-state index contributed by atoms with van der Waals surface area (Å²) in [6.45, 7) is -0.255. The maximum absolute atomic E-state index is 13.4. The Morgan fingerprint density at radius 3 is 2.74 bits per heavy atom. The summed E-state index contributed by atoms with van der Waals surface area (Å²) < 4.78 is 20.4. The van der Waals surface area contributed by atoms with Crippen LogP contribution in [0, 0.1) is 5.82 Å². The summed E-state index contributed by atoms with van der Waals surface area (Å²) in [6, 6.07) is 12.8. The van der Waals surface area contributed by atoms with Gasteiger partial charge in [0.15, 0.2) is 6.10 Å². The van der Waals surface area contributed by atoms with Crippen LogP contribution in [0.5, 0.6) is 5.75 Å². The van der Waals surface area contributed by atoms with E-state index < -0.39 is 6.10 Å². The van der Waals surface area contributed by atoms with E-state index in [0.29, 0.717) is 32.8 Å². The lowest BCUT2D eigenvalue weighted by Crippen LogP contribution is -2.51. The summed E-state index contributed by atoms with van der Waals surface area (Å²) >= 11 is 1.30. The Labute approximate surface area is 197 Å². The van der Waals surface area contributed by atoms with Crippen molar-refractivity contribution in [1.29, 1.82) is 0 Å². The molecule has 34 heavy (non-hydrogen) atoms. The summed E-state index contributed by atoms with van der Waals surface area (Å²) in [6.07, 6.45) is 0.471. The number of nitrogens with one attached hydrogen (secondary N) is 1. The largest absolute Gasteiger partial charge is 0.477 e. The number of aromatic nitrogens is 2. The Balaban J connectivity index is 1.49. The second kappa shape index (κ2) is 8.71. The molecule has 2 aromatic carbocycles. The molecule has 2 aromatic heterocycles. The molecule has 0 saturated heterocycles. The molecule has 1 aliphatic heterocycles. The minimum atomic E-state index is -0.872. The number of nitrogens with zero attached hydrogens (tertiary/aromatic N) is 3. The number of halogens is 1. The van der Waals surface area contributed by atoms with Gasteiger partial charge in [-0.05, 0) is 29.8 Å². The number of hydrogen-bond acceptors (Lipinski definition) is 6. The number of carbonyl (C=O) groups is 2. The van der Waals surface area contributed by atoms with E-state index in [0.717, 1.165) is 0 Å². The highest BCUT2D eigenvalue weighted by atomic mass is 32.1. The predicted molar refractivity (Wildman–Crippen MR) is 127 cm³/mol. The number of fused-ring (bicyclic) bond motifs is 2. The van der Waals surface area contributed by atoms with Crippen molar-refractivity contribution in [2.24, 2.45) is 0 Å². The van der Waals surface area contributed by atoms with Crippen molar-refractivity contribution < 1.29 is 18.7 Å². The van der Waals surface area contributed by atoms with E-state index in [9.17, 15) is 18.8 Å². The molecule has 1 atom stereocenters. The van der Waals surface area contributed by atoms with E-state index in [1.54, 1.807) is 41.8 Å². The third-order valence-electron chi connectivity index (χ3n) is 5.64. The van der Waals surface area contributed by atoms with Gasteiger partial charge in [0, 0.05) is 18.0 Å². The average Bonchev–Trinajstić information content (AvgIpc) is 3.30. The molecule has 4 aromatic rings. The fraction of sp³-hybridized carbons (Fsp3) is 0.167. The van der Waals surface area contributed by atoms with Crippen molar-refractivity contribution in [1.82, 2.24) is 14.9 Å². The van der Waals surface area contributed by atoms with Crippen LogP contribution in [0.3, 0.4) is 0 Å². The van der Waals surface area contributed by atoms with Crippen LogP contribution in [-0.4, -0.2) is 41.1 Å². The van der Waals surface area contributed by atoms with E-state index in [-0.39, 0.29) is 36.3 Å². The van der Waals surface area contributed by atoms with Gasteiger partial charge in [0.2, 0.25) is 5.91 Å². The first-order chi connectivity index (χ1) is 16.5. The molecule has 1 N–H and O–H groups in total. The van der Waals surface area contributed by atoms with Crippen LogP contribution in [0.2, 0.25) is 0 Å².